The third-order valence-electron chi connectivity index (χ3n) is 4.25. The van der Waals surface area contributed by atoms with E-state index in [1.54, 1.807) is 53.8 Å². The SMILES string of the molecule is [C-]#[N+]c1ccccc1-c1cc(-c2cccnc2)c(=O)n(-c2cccnc2)c1. The van der Waals surface area contributed by atoms with Crippen molar-refractivity contribution in [3.63, 3.8) is 0 Å². The number of nitrogens with zero attached hydrogens (tertiary/aromatic N) is 4. The summed E-state index contributed by atoms with van der Waals surface area (Å²) in [5, 5.41) is 0. The first-order valence-electron chi connectivity index (χ1n) is 8.32. The van der Waals surface area contributed by atoms with E-state index in [2.05, 4.69) is 14.8 Å². The maximum Gasteiger partial charge on any atom is 0.263 e. The van der Waals surface area contributed by atoms with Gasteiger partial charge in [-0.2, -0.15) is 0 Å². The van der Waals surface area contributed by atoms with E-state index < -0.39 is 0 Å². The summed E-state index contributed by atoms with van der Waals surface area (Å²) in [5.74, 6) is 0. The van der Waals surface area contributed by atoms with E-state index in [0.717, 1.165) is 16.7 Å². The third kappa shape index (κ3) is 3.12. The lowest BCUT2D eigenvalue weighted by Gasteiger charge is -2.13. The molecule has 0 amide bonds. The Kier molecular flexibility index (Phi) is 4.30. The second-order valence-corrected chi connectivity index (χ2v) is 5.90. The van der Waals surface area contributed by atoms with E-state index in [0.29, 0.717) is 16.9 Å². The van der Waals surface area contributed by atoms with Crippen molar-refractivity contribution in [1.29, 1.82) is 0 Å². The topological polar surface area (TPSA) is 52.1 Å². The fourth-order valence-electron chi connectivity index (χ4n) is 2.96. The van der Waals surface area contributed by atoms with Crippen molar-refractivity contribution in [2.45, 2.75) is 0 Å². The molecule has 3 heterocycles. The zero-order chi connectivity index (χ0) is 18.6. The minimum absolute atomic E-state index is 0.167. The molecule has 0 unspecified atom stereocenters. The average molecular weight is 350 g/mol. The van der Waals surface area contributed by atoms with E-state index >= 15 is 0 Å². The second kappa shape index (κ2) is 7.06. The smallest absolute Gasteiger partial charge is 0.263 e. The summed E-state index contributed by atoms with van der Waals surface area (Å²) in [5.41, 5.74) is 3.83. The van der Waals surface area contributed by atoms with Gasteiger partial charge in [0.25, 0.3) is 5.56 Å². The van der Waals surface area contributed by atoms with Crippen LogP contribution >= 0.6 is 0 Å². The van der Waals surface area contributed by atoms with Crippen molar-refractivity contribution in [3.8, 4) is 27.9 Å². The molecule has 4 aromatic rings. The molecule has 5 heteroatoms. The Labute approximate surface area is 156 Å². The van der Waals surface area contributed by atoms with Crippen molar-refractivity contribution in [1.82, 2.24) is 14.5 Å². The number of hydrogen-bond donors (Lipinski definition) is 0. The second-order valence-electron chi connectivity index (χ2n) is 5.90. The van der Waals surface area contributed by atoms with Crippen molar-refractivity contribution in [3.05, 3.63) is 107 Å². The van der Waals surface area contributed by atoms with Gasteiger partial charge in [0.05, 0.1) is 18.5 Å². The molecule has 1 aromatic carbocycles. The predicted octanol–water partition coefficient (Wildman–Crippen LogP) is 4.51. The third-order valence-corrected chi connectivity index (χ3v) is 4.25. The lowest BCUT2D eigenvalue weighted by molar-refractivity contribution is 0.983. The van der Waals surface area contributed by atoms with Crippen LogP contribution in [0.25, 0.3) is 32.8 Å². The van der Waals surface area contributed by atoms with Crippen molar-refractivity contribution < 1.29 is 0 Å². The van der Waals surface area contributed by atoms with Gasteiger partial charge in [0, 0.05) is 35.9 Å². The molecule has 0 spiro atoms. The normalized spacial score (nSPS) is 10.3. The van der Waals surface area contributed by atoms with Gasteiger partial charge in [0.15, 0.2) is 5.69 Å². The van der Waals surface area contributed by atoms with Gasteiger partial charge in [0.1, 0.15) is 0 Å². The van der Waals surface area contributed by atoms with Gasteiger partial charge in [-0.3, -0.25) is 19.3 Å². The van der Waals surface area contributed by atoms with Crippen LogP contribution in [0, 0.1) is 6.57 Å². The van der Waals surface area contributed by atoms with Crippen LogP contribution in [0.4, 0.5) is 5.69 Å². The fourth-order valence-corrected chi connectivity index (χ4v) is 2.96. The quantitative estimate of drug-likeness (QED) is 0.511. The van der Waals surface area contributed by atoms with Crippen molar-refractivity contribution >= 4 is 5.69 Å². The standard InChI is InChI=1S/C22H14N4O/c1-23-21-9-3-2-8-19(21)17-12-20(16-6-4-10-24-13-16)22(27)26(15-17)18-7-5-11-25-14-18/h2-15H. The van der Waals surface area contributed by atoms with Crippen LogP contribution in [-0.2, 0) is 0 Å². The molecule has 5 nitrogen and oxygen atoms in total. The van der Waals surface area contributed by atoms with Crippen LogP contribution in [0.2, 0.25) is 0 Å². The summed E-state index contributed by atoms with van der Waals surface area (Å²) in [4.78, 5) is 25.0. The molecule has 4 rings (SSSR count). The molecule has 128 valence electrons. The zero-order valence-electron chi connectivity index (χ0n) is 14.3. The molecule has 3 aromatic heterocycles. The molecule has 0 aliphatic rings. The minimum atomic E-state index is -0.167. The Bertz CT molecular complexity index is 1130. The van der Waals surface area contributed by atoms with Crippen LogP contribution in [0.3, 0.4) is 0 Å². The summed E-state index contributed by atoms with van der Waals surface area (Å²) in [6, 6.07) is 16.4. The molecule has 0 fully saturated rings. The Morgan fingerprint density at radius 1 is 0.852 bits per heavy atom. The Morgan fingerprint density at radius 3 is 2.33 bits per heavy atom. The first kappa shape index (κ1) is 16.4. The number of benzene rings is 1. The molecule has 27 heavy (non-hydrogen) atoms. The van der Waals surface area contributed by atoms with Crippen LogP contribution in [0.1, 0.15) is 0 Å². The number of rotatable bonds is 3. The molecule has 0 atom stereocenters. The van der Waals surface area contributed by atoms with E-state index in [-0.39, 0.29) is 5.56 Å². The number of hydrogen-bond acceptors (Lipinski definition) is 3. The van der Waals surface area contributed by atoms with Crippen LogP contribution < -0.4 is 5.56 Å². The molecule has 0 aliphatic heterocycles. The largest absolute Gasteiger partial charge is 0.282 e. The molecular weight excluding hydrogens is 336 g/mol. The Balaban J connectivity index is 2.04. The number of para-hydroxylation sites is 1. The lowest BCUT2D eigenvalue weighted by atomic mass is 10.0. The Hall–Kier alpha value is -4.04. The molecular formula is C22H14N4O. The molecule has 0 radical (unpaired) electrons. The summed E-state index contributed by atoms with van der Waals surface area (Å²) in [6.45, 7) is 7.45. The van der Waals surface area contributed by atoms with Crippen LogP contribution in [0.5, 0.6) is 0 Å². The molecule has 0 aliphatic carbocycles. The number of pyridine rings is 3. The monoisotopic (exact) mass is 350 g/mol. The first-order valence-corrected chi connectivity index (χ1v) is 8.32. The summed E-state index contributed by atoms with van der Waals surface area (Å²) < 4.78 is 1.56. The fraction of sp³-hybridized carbons (Fsp3) is 0. The lowest BCUT2D eigenvalue weighted by Crippen LogP contribution is -2.20. The van der Waals surface area contributed by atoms with Crippen LogP contribution in [0.15, 0.2) is 90.4 Å². The van der Waals surface area contributed by atoms with E-state index in [9.17, 15) is 4.79 Å². The Morgan fingerprint density at radius 2 is 1.63 bits per heavy atom. The van der Waals surface area contributed by atoms with Gasteiger partial charge in [-0.05, 0) is 35.4 Å². The minimum Gasteiger partial charge on any atom is -0.282 e. The van der Waals surface area contributed by atoms with E-state index in [4.69, 9.17) is 6.57 Å². The van der Waals surface area contributed by atoms with Gasteiger partial charge in [-0.25, -0.2) is 4.85 Å². The highest BCUT2D eigenvalue weighted by molar-refractivity contribution is 5.81. The highest BCUT2D eigenvalue weighted by Gasteiger charge is 2.13. The maximum absolute atomic E-state index is 13.2. The first-order chi connectivity index (χ1) is 13.3. The molecule has 0 saturated heterocycles. The molecule has 0 saturated carbocycles. The van der Waals surface area contributed by atoms with Gasteiger partial charge in [-0.1, -0.05) is 30.3 Å². The maximum atomic E-state index is 13.2. The highest BCUT2D eigenvalue weighted by atomic mass is 16.1. The summed E-state index contributed by atoms with van der Waals surface area (Å²) >= 11 is 0. The average Bonchev–Trinajstić information content (AvgIpc) is 2.75. The van der Waals surface area contributed by atoms with Crippen molar-refractivity contribution in [2.24, 2.45) is 0 Å². The van der Waals surface area contributed by atoms with Crippen LogP contribution in [-0.4, -0.2) is 14.5 Å². The van der Waals surface area contributed by atoms with Gasteiger partial charge in [0.2, 0.25) is 0 Å². The number of aromatic nitrogens is 3. The summed E-state index contributed by atoms with van der Waals surface area (Å²) in [6.07, 6.45) is 8.38. The van der Waals surface area contributed by atoms with Crippen molar-refractivity contribution in [2.75, 3.05) is 0 Å². The highest BCUT2D eigenvalue weighted by Crippen LogP contribution is 2.32. The van der Waals surface area contributed by atoms with E-state index in [1.807, 2.05) is 36.4 Å². The van der Waals surface area contributed by atoms with Gasteiger partial charge in [-0.15, -0.1) is 0 Å². The van der Waals surface area contributed by atoms with Gasteiger partial charge >= 0.3 is 0 Å². The van der Waals surface area contributed by atoms with Gasteiger partial charge < -0.3 is 0 Å². The molecule has 0 bridgehead atoms. The zero-order valence-corrected chi connectivity index (χ0v) is 14.3. The summed E-state index contributed by atoms with van der Waals surface area (Å²) in [7, 11) is 0. The van der Waals surface area contributed by atoms with E-state index in [1.165, 1.54) is 0 Å². The predicted molar refractivity (Wildman–Crippen MR) is 105 cm³/mol. The molecule has 0 N–H and O–H groups in total.